The number of ether oxygens (including phenoxy) is 1. The second-order valence-corrected chi connectivity index (χ2v) is 3.51. The van der Waals surface area contributed by atoms with Crippen molar-refractivity contribution < 1.29 is 9.53 Å². The van der Waals surface area contributed by atoms with E-state index in [0.717, 1.165) is 12.3 Å². The monoisotopic (exact) mass is 222 g/mol. The average Bonchev–Trinajstić information content (AvgIpc) is 2.27. The molecule has 0 radical (unpaired) electrons. The minimum Gasteiger partial charge on any atom is -0.492 e. The van der Waals surface area contributed by atoms with Gasteiger partial charge in [-0.1, -0.05) is 12.1 Å². The van der Waals surface area contributed by atoms with Gasteiger partial charge in [0.2, 0.25) is 5.91 Å². The van der Waals surface area contributed by atoms with Crippen molar-refractivity contribution in [3.05, 3.63) is 29.8 Å². The summed E-state index contributed by atoms with van der Waals surface area (Å²) < 4.78 is 5.45. The Balaban J connectivity index is 2.29. The van der Waals surface area contributed by atoms with Gasteiger partial charge in [0, 0.05) is 13.5 Å². The van der Waals surface area contributed by atoms with Crippen molar-refractivity contribution in [1.29, 1.82) is 0 Å². The summed E-state index contributed by atoms with van der Waals surface area (Å²) in [5, 5.41) is 5.75. The average molecular weight is 222 g/mol. The third-order valence-corrected chi connectivity index (χ3v) is 2.05. The molecule has 1 rings (SSSR count). The molecule has 1 aromatic rings. The van der Waals surface area contributed by atoms with Crippen molar-refractivity contribution in [3.63, 3.8) is 0 Å². The fraction of sp³-hybridized carbons (Fsp3) is 0.417. The molecule has 16 heavy (non-hydrogen) atoms. The first-order valence-corrected chi connectivity index (χ1v) is 5.33. The molecule has 0 bridgehead atoms. The highest BCUT2D eigenvalue weighted by molar-refractivity contribution is 5.72. The highest BCUT2D eigenvalue weighted by Gasteiger charge is 1.95. The second-order valence-electron chi connectivity index (χ2n) is 3.51. The van der Waals surface area contributed by atoms with Gasteiger partial charge in [-0.25, -0.2) is 0 Å². The van der Waals surface area contributed by atoms with E-state index < -0.39 is 0 Å². The summed E-state index contributed by atoms with van der Waals surface area (Å²) >= 11 is 0. The third-order valence-electron chi connectivity index (χ3n) is 2.05. The molecule has 0 heterocycles. The zero-order chi connectivity index (χ0) is 11.8. The number of hydrogen-bond donors (Lipinski definition) is 2. The summed E-state index contributed by atoms with van der Waals surface area (Å²) in [4.78, 5) is 10.6. The van der Waals surface area contributed by atoms with Crippen molar-refractivity contribution in [1.82, 2.24) is 10.6 Å². The number of carbonyl (C=O) groups is 1. The lowest BCUT2D eigenvalue weighted by Crippen LogP contribution is -2.25. The molecule has 1 amide bonds. The first-order chi connectivity index (χ1) is 7.72. The van der Waals surface area contributed by atoms with E-state index in [1.165, 1.54) is 12.5 Å². The number of carbonyl (C=O) groups excluding carboxylic acids is 1. The number of amides is 1. The van der Waals surface area contributed by atoms with Crippen LogP contribution in [0.25, 0.3) is 0 Å². The Hall–Kier alpha value is -1.55. The van der Waals surface area contributed by atoms with E-state index in [-0.39, 0.29) is 5.91 Å². The zero-order valence-electron chi connectivity index (χ0n) is 9.75. The largest absolute Gasteiger partial charge is 0.492 e. The maximum atomic E-state index is 10.6. The lowest BCUT2D eigenvalue weighted by atomic mass is 10.2. The Morgan fingerprint density at radius 3 is 2.56 bits per heavy atom. The van der Waals surface area contributed by atoms with Gasteiger partial charge in [0.1, 0.15) is 12.4 Å². The van der Waals surface area contributed by atoms with Crippen LogP contribution in [0.3, 0.4) is 0 Å². The molecule has 4 heteroatoms. The number of benzene rings is 1. The first kappa shape index (κ1) is 12.5. The molecule has 0 fully saturated rings. The molecule has 0 atom stereocenters. The van der Waals surface area contributed by atoms with Crippen LogP contribution in [-0.2, 0) is 11.3 Å². The third kappa shape index (κ3) is 4.79. The summed E-state index contributed by atoms with van der Waals surface area (Å²) in [6, 6.07) is 7.90. The normalized spacial score (nSPS) is 9.88. The van der Waals surface area contributed by atoms with Gasteiger partial charge in [-0.2, -0.15) is 0 Å². The maximum absolute atomic E-state index is 10.6. The molecule has 0 saturated carbocycles. The molecular weight excluding hydrogens is 204 g/mol. The van der Waals surface area contributed by atoms with Crippen molar-refractivity contribution in [2.75, 3.05) is 20.2 Å². The molecule has 0 aromatic heterocycles. The Morgan fingerprint density at radius 2 is 2.00 bits per heavy atom. The Morgan fingerprint density at radius 1 is 1.31 bits per heavy atom. The summed E-state index contributed by atoms with van der Waals surface area (Å²) in [6.07, 6.45) is 0. The molecule has 0 aliphatic rings. The second kappa shape index (κ2) is 6.85. The summed E-state index contributed by atoms with van der Waals surface area (Å²) in [7, 11) is 1.91. The first-order valence-electron chi connectivity index (χ1n) is 5.33. The molecule has 0 aliphatic heterocycles. The highest BCUT2D eigenvalue weighted by atomic mass is 16.5. The molecule has 88 valence electrons. The van der Waals surface area contributed by atoms with Gasteiger partial charge in [-0.15, -0.1) is 0 Å². The van der Waals surface area contributed by atoms with Crippen LogP contribution in [-0.4, -0.2) is 26.1 Å². The van der Waals surface area contributed by atoms with Gasteiger partial charge in [0.05, 0.1) is 6.54 Å². The van der Waals surface area contributed by atoms with E-state index >= 15 is 0 Å². The van der Waals surface area contributed by atoms with Crippen LogP contribution in [0.15, 0.2) is 24.3 Å². The molecule has 0 aliphatic carbocycles. The molecule has 0 unspecified atom stereocenters. The minimum absolute atomic E-state index is 0.0343. The fourth-order valence-corrected chi connectivity index (χ4v) is 1.30. The molecule has 0 spiro atoms. The fourth-order valence-electron chi connectivity index (χ4n) is 1.30. The van der Waals surface area contributed by atoms with Gasteiger partial charge >= 0.3 is 0 Å². The van der Waals surface area contributed by atoms with Crippen molar-refractivity contribution in [2.24, 2.45) is 0 Å². The van der Waals surface area contributed by atoms with Crippen LogP contribution < -0.4 is 15.4 Å². The Kier molecular flexibility index (Phi) is 5.36. The van der Waals surface area contributed by atoms with Crippen LogP contribution in [0.1, 0.15) is 12.5 Å². The van der Waals surface area contributed by atoms with Crippen LogP contribution in [0, 0.1) is 0 Å². The molecule has 2 N–H and O–H groups in total. The summed E-state index contributed by atoms with van der Waals surface area (Å²) in [5.74, 6) is 0.790. The number of hydrogen-bond acceptors (Lipinski definition) is 3. The maximum Gasteiger partial charge on any atom is 0.216 e. The van der Waals surface area contributed by atoms with Gasteiger partial charge in [-0.05, 0) is 24.7 Å². The van der Waals surface area contributed by atoms with Crippen molar-refractivity contribution >= 4 is 5.91 Å². The SMILES string of the molecule is CNCc1ccc(OCCNC(C)=O)cc1. The standard InChI is InChI=1S/C12H18N2O2/c1-10(15)14-7-8-16-12-5-3-11(4-6-12)9-13-2/h3-6,13H,7-9H2,1-2H3,(H,14,15). The lowest BCUT2D eigenvalue weighted by Gasteiger charge is -2.07. The van der Waals surface area contributed by atoms with Crippen molar-refractivity contribution in [2.45, 2.75) is 13.5 Å². The zero-order valence-corrected chi connectivity index (χ0v) is 9.75. The smallest absolute Gasteiger partial charge is 0.216 e. The van der Waals surface area contributed by atoms with Crippen LogP contribution in [0.5, 0.6) is 5.75 Å². The van der Waals surface area contributed by atoms with Crippen LogP contribution in [0.2, 0.25) is 0 Å². The van der Waals surface area contributed by atoms with Crippen LogP contribution in [0.4, 0.5) is 0 Å². The van der Waals surface area contributed by atoms with Gasteiger partial charge in [-0.3, -0.25) is 4.79 Å². The van der Waals surface area contributed by atoms with E-state index in [2.05, 4.69) is 10.6 Å². The van der Waals surface area contributed by atoms with Crippen molar-refractivity contribution in [3.8, 4) is 5.75 Å². The predicted molar refractivity (Wildman–Crippen MR) is 63.4 cm³/mol. The molecule has 4 nitrogen and oxygen atoms in total. The van der Waals surface area contributed by atoms with Gasteiger partial charge < -0.3 is 15.4 Å². The molecule has 1 aromatic carbocycles. The topological polar surface area (TPSA) is 50.4 Å². The summed E-state index contributed by atoms with van der Waals surface area (Å²) in [5.41, 5.74) is 1.22. The van der Waals surface area contributed by atoms with E-state index in [0.29, 0.717) is 13.2 Å². The van der Waals surface area contributed by atoms with E-state index in [1.807, 2.05) is 31.3 Å². The highest BCUT2D eigenvalue weighted by Crippen LogP contribution is 2.11. The van der Waals surface area contributed by atoms with E-state index in [1.54, 1.807) is 0 Å². The Labute approximate surface area is 96.0 Å². The van der Waals surface area contributed by atoms with Gasteiger partial charge in [0.25, 0.3) is 0 Å². The number of nitrogens with one attached hydrogen (secondary N) is 2. The number of rotatable bonds is 6. The lowest BCUT2D eigenvalue weighted by molar-refractivity contribution is -0.119. The Bertz CT molecular complexity index is 322. The van der Waals surface area contributed by atoms with E-state index in [9.17, 15) is 4.79 Å². The molecule has 0 saturated heterocycles. The minimum atomic E-state index is -0.0343. The summed E-state index contributed by atoms with van der Waals surface area (Å²) in [6.45, 7) is 3.37. The molecular formula is C12H18N2O2. The quantitative estimate of drug-likeness (QED) is 0.704. The van der Waals surface area contributed by atoms with Gasteiger partial charge in [0.15, 0.2) is 0 Å². The predicted octanol–water partition coefficient (Wildman–Crippen LogP) is 0.921. The van der Waals surface area contributed by atoms with E-state index in [4.69, 9.17) is 4.74 Å². The van der Waals surface area contributed by atoms with Crippen LogP contribution >= 0.6 is 0 Å².